The lowest BCUT2D eigenvalue weighted by atomic mass is 10.0. The van der Waals surface area contributed by atoms with Gasteiger partial charge in [0.15, 0.2) is 0 Å². The Kier molecular flexibility index (Phi) is 5.77. The molecule has 0 fully saturated rings. The Bertz CT molecular complexity index is 481. The smallest absolute Gasteiger partial charge is 0.410 e. The molecule has 1 unspecified atom stereocenters. The highest BCUT2D eigenvalue weighted by Crippen LogP contribution is 2.11. The monoisotopic (exact) mass is 277 g/mol. The molecular weight excluding hydrogens is 258 g/mol. The Morgan fingerprint density at radius 3 is 2.50 bits per heavy atom. The van der Waals surface area contributed by atoms with E-state index >= 15 is 0 Å². The summed E-state index contributed by atoms with van der Waals surface area (Å²) in [5, 5.41) is 9.26. The molecule has 0 saturated heterocycles. The van der Waals surface area contributed by atoms with Crippen molar-refractivity contribution in [2.75, 3.05) is 13.7 Å². The molecule has 0 bridgehead atoms. The van der Waals surface area contributed by atoms with Gasteiger partial charge in [0.2, 0.25) is 0 Å². The molecule has 5 heteroatoms. The van der Waals surface area contributed by atoms with Gasteiger partial charge in [-0.15, -0.1) is 0 Å². The van der Waals surface area contributed by atoms with Gasteiger partial charge in [0, 0.05) is 13.5 Å². The zero-order valence-corrected chi connectivity index (χ0v) is 11.7. The minimum atomic E-state index is -1.07. The van der Waals surface area contributed by atoms with Crippen LogP contribution in [-0.2, 0) is 16.0 Å². The molecule has 108 valence electrons. The van der Waals surface area contributed by atoms with Gasteiger partial charge in [0.25, 0.3) is 0 Å². The predicted octanol–water partition coefficient (Wildman–Crippen LogP) is 2.25. The van der Waals surface area contributed by atoms with Crippen molar-refractivity contribution in [1.82, 2.24) is 4.90 Å². The second-order valence-corrected chi connectivity index (χ2v) is 4.52. The quantitative estimate of drug-likeness (QED) is 0.810. The SMILES string of the molecule is C=CCOC(=O)N(C)C(Cc1ccc(C)cc1)C(=O)O. The second-order valence-electron chi connectivity index (χ2n) is 4.52. The normalized spacial score (nSPS) is 11.5. The van der Waals surface area contributed by atoms with E-state index in [0.29, 0.717) is 0 Å². The fourth-order valence-corrected chi connectivity index (χ4v) is 1.70. The molecule has 1 atom stereocenters. The van der Waals surface area contributed by atoms with Crippen LogP contribution in [0.3, 0.4) is 0 Å². The Morgan fingerprint density at radius 1 is 1.40 bits per heavy atom. The zero-order chi connectivity index (χ0) is 15.1. The summed E-state index contributed by atoms with van der Waals surface area (Å²) in [7, 11) is 1.42. The number of ether oxygens (including phenoxy) is 1. The number of aryl methyl sites for hydroxylation is 1. The summed E-state index contributed by atoms with van der Waals surface area (Å²) in [6, 6.07) is 6.56. The van der Waals surface area contributed by atoms with Crippen LogP contribution in [0.1, 0.15) is 11.1 Å². The van der Waals surface area contributed by atoms with Gasteiger partial charge in [0.1, 0.15) is 12.6 Å². The van der Waals surface area contributed by atoms with E-state index in [1.807, 2.05) is 31.2 Å². The van der Waals surface area contributed by atoms with E-state index in [4.69, 9.17) is 4.74 Å². The van der Waals surface area contributed by atoms with Gasteiger partial charge >= 0.3 is 12.1 Å². The average Bonchev–Trinajstić information content (AvgIpc) is 2.43. The van der Waals surface area contributed by atoms with E-state index in [1.165, 1.54) is 13.1 Å². The van der Waals surface area contributed by atoms with E-state index in [0.717, 1.165) is 16.0 Å². The highest BCUT2D eigenvalue weighted by atomic mass is 16.6. The number of hydrogen-bond acceptors (Lipinski definition) is 3. The van der Waals surface area contributed by atoms with Crippen molar-refractivity contribution in [3.05, 3.63) is 48.0 Å². The molecule has 1 N–H and O–H groups in total. The minimum Gasteiger partial charge on any atom is -0.480 e. The molecule has 0 spiro atoms. The van der Waals surface area contributed by atoms with Gasteiger partial charge in [-0.05, 0) is 12.5 Å². The van der Waals surface area contributed by atoms with Gasteiger partial charge < -0.3 is 9.84 Å². The summed E-state index contributed by atoms with van der Waals surface area (Å²) in [6.07, 6.45) is 0.987. The second kappa shape index (κ2) is 7.33. The number of likely N-dealkylation sites (N-methyl/N-ethyl adjacent to an activating group) is 1. The Balaban J connectivity index is 2.78. The summed E-state index contributed by atoms with van der Waals surface area (Å²) in [4.78, 5) is 24.1. The molecule has 0 heterocycles. The Morgan fingerprint density at radius 2 is 2.00 bits per heavy atom. The first kappa shape index (κ1) is 15.8. The number of carbonyl (C=O) groups excluding carboxylic acids is 1. The number of carboxylic acid groups (broad SMARTS) is 1. The van der Waals surface area contributed by atoms with Crippen molar-refractivity contribution >= 4 is 12.1 Å². The maximum absolute atomic E-state index is 11.7. The van der Waals surface area contributed by atoms with Crippen molar-refractivity contribution in [3.63, 3.8) is 0 Å². The number of amides is 1. The van der Waals surface area contributed by atoms with Gasteiger partial charge in [0.05, 0.1) is 0 Å². The van der Waals surface area contributed by atoms with E-state index in [1.54, 1.807) is 0 Å². The third kappa shape index (κ3) is 4.42. The molecule has 1 amide bonds. The first-order chi connectivity index (χ1) is 9.45. The number of carbonyl (C=O) groups is 2. The summed E-state index contributed by atoms with van der Waals surface area (Å²) >= 11 is 0. The number of carboxylic acids is 1. The molecule has 1 rings (SSSR count). The minimum absolute atomic E-state index is 0.0556. The van der Waals surface area contributed by atoms with Gasteiger partial charge in [-0.2, -0.15) is 0 Å². The maximum Gasteiger partial charge on any atom is 0.410 e. The number of rotatable bonds is 6. The molecule has 0 saturated carbocycles. The lowest BCUT2D eigenvalue weighted by molar-refractivity contribution is -0.142. The maximum atomic E-state index is 11.7. The summed E-state index contributed by atoms with van der Waals surface area (Å²) in [5.74, 6) is -1.07. The first-order valence-corrected chi connectivity index (χ1v) is 6.24. The topological polar surface area (TPSA) is 66.8 Å². The van der Waals surface area contributed by atoms with E-state index < -0.39 is 18.1 Å². The summed E-state index contributed by atoms with van der Waals surface area (Å²) < 4.78 is 4.85. The average molecular weight is 277 g/mol. The van der Waals surface area contributed by atoms with Crippen molar-refractivity contribution < 1.29 is 19.4 Å². The van der Waals surface area contributed by atoms with Crippen LogP contribution in [0.2, 0.25) is 0 Å². The van der Waals surface area contributed by atoms with E-state index in [2.05, 4.69) is 6.58 Å². The largest absolute Gasteiger partial charge is 0.480 e. The number of hydrogen-bond donors (Lipinski definition) is 1. The fourth-order valence-electron chi connectivity index (χ4n) is 1.70. The van der Waals surface area contributed by atoms with Crippen LogP contribution in [0.25, 0.3) is 0 Å². The van der Waals surface area contributed by atoms with Crippen molar-refractivity contribution in [2.45, 2.75) is 19.4 Å². The van der Waals surface area contributed by atoms with E-state index in [9.17, 15) is 14.7 Å². The van der Waals surface area contributed by atoms with Crippen LogP contribution in [0, 0.1) is 6.92 Å². The van der Waals surface area contributed by atoms with Crippen LogP contribution in [0.15, 0.2) is 36.9 Å². The highest BCUT2D eigenvalue weighted by molar-refractivity contribution is 5.80. The molecule has 0 aromatic heterocycles. The highest BCUT2D eigenvalue weighted by Gasteiger charge is 2.27. The molecule has 0 aliphatic rings. The van der Waals surface area contributed by atoms with Gasteiger partial charge in [-0.1, -0.05) is 42.5 Å². The first-order valence-electron chi connectivity index (χ1n) is 6.24. The van der Waals surface area contributed by atoms with Crippen LogP contribution >= 0.6 is 0 Å². The summed E-state index contributed by atoms with van der Waals surface area (Å²) in [5.41, 5.74) is 1.95. The third-order valence-corrected chi connectivity index (χ3v) is 2.91. The van der Waals surface area contributed by atoms with Crippen LogP contribution < -0.4 is 0 Å². The molecule has 0 aliphatic carbocycles. The number of aliphatic carboxylic acids is 1. The van der Waals surface area contributed by atoms with Crippen LogP contribution in [-0.4, -0.2) is 41.8 Å². The third-order valence-electron chi connectivity index (χ3n) is 2.91. The van der Waals surface area contributed by atoms with Crippen molar-refractivity contribution in [2.24, 2.45) is 0 Å². The predicted molar refractivity (Wildman–Crippen MR) is 75.6 cm³/mol. The van der Waals surface area contributed by atoms with Crippen LogP contribution in [0.4, 0.5) is 4.79 Å². The number of benzene rings is 1. The summed E-state index contributed by atoms with van der Waals surface area (Å²) in [6.45, 7) is 5.45. The Hall–Kier alpha value is -2.30. The van der Waals surface area contributed by atoms with Crippen molar-refractivity contribution in [3.8, 4) is 0 Å². The van der Waals surface area contributed by atoms with Crippen LogP contribution in [0.5, 0.6) is 0 Å². The molecule has 0 radical (unpaired) electrons. The Labute approximate surface area is 118 Å². The van der Waals surface area contributed by atoms with Crippen molar-refractivity contribution in [1.29, 1.82) is 0 Å². The molecule has 1 aromatic rings. The lowest BCUT2D eigenvalue weighted by Crippen LogP contribution is -2.44. The van der Waals surface area contributed by atoms with E-state index in [-0.39, 0.29) is 13.0 Å². The molecule has 20 heavy (non-hydrogen) atoms. The fraction of sp³-hybridized carbons (Fsp3) is 0.333. The molecule has 5 nitrogen and oxygen atoms in total. The number of nitrogens with zero attached hydrogens (tertiary/aromatic N) is 1. The van der Waals surface area contributed by atoms with Gasteiger partial charge in [-0.25, -0.2) is 9.59 Å². The zero-order valence-electron chi connectivity index (χ0n) is 11.7. The van der Waals surface area contributed by atoms with Gasteiger partial charge in [-0.3, -0.25) is 4.90 Å². The lowest BCUT2D eigenvalue weighted by Gasteiger charge is -2.24. The molecule has 1 aromatic carbocycles. The standard InChI is InChI=1S/C15H19NO4/c1-4-9-20-15(19)16(3)13(14(17)18)10-12-7-5-11(2)6-8-12/h4-8,13H,1,9-10H2,2-3H3,(H,17,18). The molecular formula is C15H19NO4. The molecule has 0 aliphatic heterocycles.